The number of hydrogen-bond acceptors (Lipinski definition) is 9. The standard InChI is InChI=1S/C16H21N3O8S/c1-7(20)27-5-8-6-28-14-11(13(22)19(14)12(8)16(25)26)18-10(21)4-2-3-9(17)15(23)24/h9,11,14H,2-6,17H2,1H3,(H,18,21)(H,23,24)(H,25,26)/p-1. The first kappa shape index (κ1) is 21.7. The number of β-lactam (4-membered cyclic amide) rings is 1. The first-order valence-corrected chi connectivity index (χ1v) is 9.47. The van der Waals surface area contributed by atoms with Crippen LogP contribution in [-0.2, 0) is 28.7 Å². The Morgan fingerprint density at radius 3 is 2.68 bits per heavy atom. The smallest absolute Gasteiger partial charge is 0.320 e. The van der Waals surface area contributed by atoms with Crippen LogP contribution >= 0.6 is 11.8 Å². The normalized spacial score (nSPS) is 22.1. The highest BCUT2D eigenvalue weighted by atomic mass is 32.2. The van der Waals surface area contributed by atoms with E-state index in [-0.39, 0.29) is 42.9 Å². The number of nitrogens with two attached hydrogens (primary N) is 1. The van der Waals surface area contributed by atoms with Crippen LogP contribution in [0.4, 0.5) is 0 Å². The molecule has 0 aromatic heterocycles. The molecule has 4 N–H and O–H groups in total. The minimum atomic E-state index is -1.56. The van der Waals surface area contributed by atoms with Gasteiger partial charge in [0, 0.05) is 24.7 Å². The van der Waals surface area contributed by atoms with Gasteiger partial charge in [0.15, 0.2) is 0 Å². The largest absolute Gasteiger partial charge is 0.543 e. The molecule has 0 aromatic carbocycles. The second kappa shape index (κ2) is 9.06. The monoisotopic (exact) mass is 414 g/mol. The third kappa shape index (κ3) is 4.81. The number of aliphatic carboxylic acids is 2. The minimum absolute atomic E-state index is 0.0109. The molecule has 11 nitrogen and oxygen atoms in total. The van der Waals surface area contributed by atoms with Gasteiger partial charge in [-0.2, -0.15) is 0 Å². The number of carboxylic acids is 2. The topological polar surface area (TPSA) is 179 Å². The molecule has 154 valence electrons. The van der Waals surface area contributed by atoms with Crippen LogP contribution in [0.2, 0.25) is 0 Å². The number of nitrogens with zero attached hydrogens (tertiary/aromatic N) is 1. The van der Waals surface area contributed by atoms with Crippen molar-refractivity contribution in [3.05, 3.63) is 11.3 Å². The highest BCUT2D eigenvalue weighted by Gasteiger charge is 2.52. The van der Waals surface area contributed by atoms with Crippen LogP contribution in [0.1, 0.15) is 26.2 Å². The van der Waals surface area contributed by atoms with E-state index in [0.717, 1.165) is 4.90 Å². The number of ether oxygens (including phenoxy) is 1. The number of nitrogens with one attached hydrogen (secondary N) is 1. The summed E-state index contributed by atoms with van der Waals surface area (Å²) in [4.78, 5) is 58.4. The van der Waals surface area contributed by atoms with E-state index in [1.54, 1.807) is 0 Å². The molecule has 2 aliphatic rings. The van der Waals surface area contributed by atoms with Crippen molar-refractivity contribution in [2.24, 2.45) is 5.73 Å². The lowest BCUT2D eigenvalue weighted by atomic mass is 10.0. The van der Waals surface area contributed by atoms with E-state index < -0.39 is 47.2 Å². The Morgan fingerprint density at radius 1 is 1.43 bits per heavy atom. The maximum Gasteiger partial charge on any atom is 0.320 e. The average molecular weight is 414 g/mol. The summed E-state index contributed by atoms with van der Waals surface area (Å²) in [7, 11) is 0. The van der Waals surface area contributed by atoms with Crippen LogP contribution in [-0.4, -0.2) is 69.5 Å². The Hall–Kier alpha value is -2.60. The van der Waals surface area contributed by atoms with Crippen LogP contribution in [0.5, 0.6) is 0 Å². The molecule has 0 radical (unpaired) electrons. The van der Waals surface area contributed by atoms with E-state index in [2.05, 4.69) is 5.32 Å². The van der Waals surface area contributed by atoms with Crippen molar-refractivity contribution in [1.82, 2.24) is 10.2 Å². The highest BCUT2D eigenvalue weighted by molar-refractivity contribution is 8.00. The summed E-state index contributed by atoms with van der Waals surface area (Å²) < 4.78 is 4.82. The molecule has 3 unspecified atom stereocenters. The van der Waals surface area contributed by atoms with Crippen LogP contribution in [0.3, 0.4) is 0 Å². The molecule has 2 aliphatic heterocycles. The van der Waals surface area contributed by atoms with Gasteiger partial charge in [0.1, 0.15) is 24.1 Å². The fourth-order valence-corrected chi connectivity index (χ4v) is 4.15. The van der Waals surface area contributed by atoms with E-state index in [1.165, 1.54) is 18.7 Å². The quantitative estimate of drug-likeness (QED) is 0.270. The Kier molecular flexibility index (Phi) is 7.02. The van der Waals surface area contributed by atoms with E-state index in [4.69, 9.17) is 15.6 Å². The molecule has 3 atom stereocenters. The molecular formula is C16H20N3O8S-. The van der Waals surface area contributed by atoms with E-state index in [9.17, 15) is 29.1 Å². The molecule has 28 heavy (non-hydrogen) atoms. The molecule has 2 rings (SSSR count). The van der Waals surface area contributed by atoms with Gasteiger partial charge in [-0.25, -0.2) is 0 Å². The zero-order chi connectivity index (χ0) is 21.0. The number of fused-ring (bicyclic) bond motifs is 1. The summed E-state index contributed by atoms with van der Waals surface area (Å²) in [6.45, 7) is 0.921. The van der Waals surface area contributed by atoms with Gasteiger partial charge in [-0.15, -0.1) is 11.8 Å². The molecular weight excluding hydrogens is 394 g/mol. The summed E-state index contributed by atoms with van der Waals surface area (Å²) in [6, 6.07) is -1.95. The van der Waals surface area contributed by atoms with Gasteiger partial charge in [0.2, 0.25) is 5.91 Å². The number of carboxylic acid groups (broad SMARTS) is 2. The molecule has 0 spiro atoms. The van der Waals surface area contributed by atoms with Gasteiger partial charge in [0.05, 0.1) is 11.7 Å². The van der Waals surface area contributed by atoms with Gasteiger partial charge >= 0.3 is 11.9 Å². The van der Waals surface area contributed by atoms with Crippen molar-refractivity contribution in [2.75, 3.05) is 12.4 Å². The second-order valence-electron chi connectivity index (χ2n) is 6.31. The summed E-state index contributed by atoms with van der Waals surface area (Å²) in [5, 5.41) is 22.1. The van der Waals surface area contributed by atoms with E-state index in [0.29, 0.717) is 0 Å². The summed E-state index contributed by atoms with van der Waals surface area (Å²) in [6.07, 6.45) is 0.338. The summed E-state index contributed by atoms with van der Waals surface area (Å²) >= 11 is 1.23. The number of amides is 2. The minimum Gasteiger partial charge on any atom is -0.543 e. The Morgan fingerprint density at radius 2 is 2.11 bits per heavy atom. The van der Waals surface area contributed by atoms with Crippen LogP contribution in [0.15, 0.2) is 11.3 Å². The van der Waals surface area contributed by atoms with Crippen LogP contribution in [0, 0.1) is 0 Å². The highest BCUT2D eigenvalue weighted by Crippen LogP contribution is 2.40. The maximum absolute atomic E-state index is 12.4. The van der Waals surface area contributed by atoms with Gasteiger partial charge < -0.3 is 30.8 Å². The summed E-state index contributed by atoms with van der Waals surface area (Å²) in [5.41, 5.74) is 5.26. The van der Waals surface area contributed by atoms with Gasteiger partial charge in [0.25, 0.3) is 5.91 Å². The predicted octanol–water partition coefficient (Wildman–Crippen LogP) is -2.46. The van der Waals surface area contributed by atoms with Gasteiger partial charge in [-0.3, -0.25) is 24.1 Å². The average Bonchev–Trinajstić information content (AvgIpc) is 2.62. The number of hydrogen-bond donors (Lipinski definition) is 3. The first-order valence-electron chi connectivity index (χ1n) is 8.42. The second-order valence-corrected chi connectivity index (χ2v) is 7.42. The van der Waals surface area contributed by atoms with Gasteiger partial charge in [-0.05, 0) is 12.8 Å². The third-order valence-corrected chi connectivity index (χ3v) is 5.58. The lowest BCUT2D eigenvalue weighted by Crippen LogP contribution is -2.71. The third-order valence-electron chi connectivity index (χ3n) is 4.24. The lowest BCUT2D eigenvalue weighted by molar-refractivity contribution is -0.301. The van der Waals surface area contributed by atoms with Crippen molar-refractivity contribution in [2.45, 2.75) is 43.6 Å². The predicted molar refractivity (Wildman–Crippen MR) is 93.2 cm³/mol. The van der Waals surface area contributed by atoms with Crippen molar-refractivity contribution in [3.8, 4) is 0 Å². The molecule has 0 bridgehead atoms. The Labute approximate surface area is 164 Å². The summed E-state index contributed by atoms with van der Waals surface area (Å²) in [5.74, 6) is -4.17. The zero-order valence-corrected chi connectivity index (χ0v) is 15.8. The molecule has 2 amide bonds. The van der Waals surface area contributed by atoms with Crippen molar-refractivity contribution < 1.29 is 38.9 Å². The lowest BCUT2D eigenvalue weighted by Gasteiger charge is -2.50. The SMILES string of the molecule is CC(=O)OCC1=C(C(=O)[O-])N2C(=O)C(NC(=O)CCCC(N)C(=O)O)C2SC1. The molecule has 0 aromatic rings. The van der Waals surface area contributed by atoms with E-state index in [1.807, 2.05) is 0 Å². The first-order chi connectivity index (χ1) is 13.1. The number of carbonyl (C=O) groups excluding carboxylic acids is 4. The number of esters is 1. The van der Waals surface area contributed by atoms with Crippen molar-refractivity contribution >= 4 is 41.5 Å². The van der Waals surface area contributed by atoms with Crippen LogP contribution in [0.25, 0.3) is 0 Å². The molecule has 1 fully saturated rings. The number of rotatable bonds is 9. The Bertz CT molecular complexity index is 737. The maximum atomic E-state index is 12.4. The molecule has 2 heterocycles. The van der Waals surface area contributed by atoms with Crippen molar-refractivity contribution in [1.29, 1.82) is 0 Å². The Balaban J connectivity index is 1.96. The van der Waals surface area contributed by atoms with Crippen molar-refractivity contribution in [3.63, 3.8) is 0 Å². The number of carbonyl (C=O) groups is 5. The van der Waals surface area contributed by atoms with Gasteiger partial charge in [-0.1, -0.05) is 0 Å². The molecule has 0 saturated carbocycles. The van der Waals surface area contributed by atoms with E-state index >= 15 is 0 Å². The fourth-order valence-electron chi connectivity index (χ4n) is 2.82. The zero-order valence-electron chi connectivity index (χ0n) is 15.0. The molecule has 1 saturated heterocycles. The molecule has 12 heteroatoms. The molecule has 0 aliphatic carbocycles. The fraction of sp³-hybridized carbons (Fsp3) is 0.562. The number of thioether (sulfide) groups is 1. The van der Waals surface area contributed by atoms with Crippen LogP contribution < -0.4 is 16.2 Å².